The van der Waals surface area contributed by atoms with E-state index in [1.54, 1.807) is 32.4 Å². The first-order chi connectivity index (χ1) is 21.4. The molecule has 1 atom stereocenters. The minimum Gasteiger partial charge on any atom is -0.496 e. The van der Waals surface area contributed by atoms with Crippen molar-refractivity contribution in [2.45, 2.75) is 39.9 Å². The van der Waals surface area contributed by atoms with Crippen LogP contribution >= 0.6 is 0 Å². The van der Waals surface area contributed by atoms with E-state index in [9.17, 15) is 22.8 Å². The van der Waals surface area contributed by atoms with Crippen LogP contribution in [0.3, 0.4) is 0 Å². The van der Waals surface area contributed by atoms with Gasteiger partial charge in [0.25, 0.3) is 5.91 Å². The molecule has 4 rings (SSSR count). The molecule has 1 amide bonds. The van der Waals surface area contributed by atoms with Crippen molar-refractivity contribution in [3.8, 4) is 11.1 Å². The van der Waals surface area contributed by atoms with Crippen LogP contribution in [-0.2, 0) is 9.53 Å². The van der Waals surface area contributed by atoms with Crippen molar-refractivity contribution in [2.75, 3.05) is 53.4 Å². The summed E-state index contributed by atoms with van der Waals surface area (Å²) in [6, 6.07) is 3.53. The lowest BCUT2D eigenvalue weighted by molar-refractivity contribution is -0.149. The number of aromatic nitrogens is 3. The van der Waals surface area contributed by atoms with Crippen molar-refractivity contribution < 1.29 is 27.5 Å². The first kappa shape index (κ1) is 33.7. The molecule has 1 saturated heterocycles. The van der Waals surface area contributed by atoms with Gasteiger partial charge in [-0.25, -0.2) is 9.97 Å². The molecule has 3 aromatic rings. The zero-order valence-electron chi connectivity index (χ0n) is 26.5. The Bertz CT molecular complexity index is 1590. The van der Waals surface area contributed by atoms with E-state index in [1.165, 1.54) is 12.0 Å². The molecule has 0 aromatic carbocycles. The predicted octanol–water partition coefficient (Wildman–Crippen LogP) is 4.21. The van der Waals surface area contributed by atoms with Gasteiger partial charge in [0.2, 0.25) is 0 Å². The number of hydrogen-bond donors (Lipinski definition) is 2. The summed E-state index contributed by atoms with van der Waals surface area (Å²) in [5.74, 6) is 0.581. The minimum atomic E-state index is -4.25. The topological polar surface area (TPSA) is 104 Å². The van der Waals surface area contributed by atoms with Gasteiger partial charge in [0.15, 0.2) is 6.29 Å². The first-order valence-electron chi connectivity index (χ1n) is 14.7. The van der Waals surface area contributed by atoms with Crippen LogP contribution in [-0.4, -0.2) is 96.0 Å². The number of aldehydes is 1. The zero-order valence-corrected chi connectivity index (χ0v) is 26.5. The van der Waals surface area contributed by atoms with E-state index >= 15 is 0 Å². The third-order valence-corrected chi connectivity index (χ3v) is 8.20. The third kappa shape index (κ3) is 7.90. The lowest BCUT2D eigenvalue weighted by Gasteiger charge is -2.39. The second-order valence-corrected chi connectivity index (χ2v) is 11.1. The van der Waals surface area contributed by atoms with Crippen molar-refractivity contribution in [2.24, 2.45) is 0 Å². The van der Waals surface area contributed by atoms with Crippen LogP contribution in [0.25, 0.3) is 16.6 Å². The second-order valence-electron chi connectivity index (χ2n) is 11.1. The van der Waals surface area contributed by atoms with Gasteiger partial charge in [0, 0.05) is 92.5 Å². The number of fused-ring (bicyclic) bond motifs is 1. The summed E-state index contributed by atoms with van der Waals surface area (Å²) in [6.07, 6.45) is 3.48. The van der Waals surface area contributed by atoms with Crippen LogP contribution in [0, 0.1) is 13.8 Å². The molecular formula is C32H40F3N7O3. The maximum atomic E-state index is 13.8. The monoisotopic (exact) mass is 627 g/mol. The molecule has 242 valence electrons. The number of hydrogen-bond acceptors (Lipinski definition) is 8. The number of methoxy groups -OCH3 is 1. The summed E-state index contributed by atoms with van der Waals surface area (Å²) >= 11 is 0. The average molecular weight is 628 g/mol. The van der Waals surface area contributed by atoms with E-state index in [0.29, 0.717) is 36.5 Å². The molecule has 0 aliphatic carbocycles. The number of carbonyl (C=O) groups excluding carboxylic acids is 2. The number of nitrogens with one attached hydrogen (secondary N) is 2. The maximum absolute atomic E-state index is 13.8. The number of halogens is 3. The molecule has 13 heteroatoms. The number of piperazine rings is 1. The van der Waals surface area contributed by atoms with E-state index in [1.807, 2.05) is 43.5 Å². The van der Waals surface area contributed by atoms with Crippen LogP contribution in [0.5, 0.6) is 0 Å². The molecule has 1 aliphatic heterocycles. The summed E-state index contributed by atoms with van der Waals surface area (Å²) in [5.41, 5.74) is 5.39. The Morgan fingerprint density at radius 1 is 1.16 bits per heavy atom. The number of carbonyl (C=O) groups is 2. The van der Waals surface area contributed by atoms with Gasteiger partial charge in [-0.1, -0.05) is 0 Å². The lowest BCUT2D eigenvalue weighted by atomic mass is 9.99. The standard InChI is InChI=1S/C32H40F3N7O3/c1-20(36-5)13-29(45-6)25(18-43)17-39-31(44)27-14-28-26(24-15-37-23(4)38-16-24)7-8-42(28)30(21(27)2)22(3)41-11-9-40(10-12-41)19-32(33,34)35/h7-8,13-16,18,22,36H,9-12,17,19H2,1-6H3,(H,39,44)/b20-13-,29-25+. The van der Waals surface area contributed by atoms with Gasteiger partial charge in [-0.2, -0.15) is 13.2 Å². The number of rotatable bonds is 11. The van der Waals surface area contributed by atoms with Crippen molar-refractivity contribution in [3.63, 3.8) is 0 Å². The van der Waals surface area contributed by atoms with E-state index < -0.39 is 12.7 Å². The van der Waals surface area contributed by atoms with Gasteiger partial charge >= 0.3 is 6.18 Å². The molecule has 2 N–H and O–H groups in total. The van der Waals surface area contributed by atoms with E-state index in [0.717, 1.165) is 33.6 Å². The van der Waals surface area contributed by atoms with E-state index in [4.69, 9.17) is 4.74 Å². The summed E-state index contributed by atoms with van der Waals surface area (Å²) in [5, 5.41) is 5.85. The fourth-order valence-corrected chi connectivity index (χ4v) is 5.64. The van der Waals surface area contributed by atoms with Crippen LogP contribution in [0.1, 0.15) is 47.3 Å². The van der Waals surface area contributed by atoms with Gasteiger partial charge < -0.3 is 19.8 Å². The Kier molecular flexibility index (Phi) is 10.7. The first-order valence-corrected chi connectivity index (χ1v) is 14.7. The zero-order chi connectivity index (χ0) is 32.9. The average Bonchev–Trinajstić information content (AvgIpc) is 3.43. The maximum Gasteiger partial charge on any atom is 0.401 e. The SMILES string of the molecule is CN/C(C)=C\C(OC)=C(/C=O)CNC(=O)c1cc2c(-c3cnc(C)nc3)ccn2c(C(C)N2CCN(CC(F)(F)F)CC2)c1C. The van der Waals surface area contributed by atoms with Crippen LogP contribution in [0.15, 0.2) is 53.8 Å². The quantitative estimate of drug-likeness (QED) is 0.141. The number of allylic oxidation sites excluding steroid dienone is 2. The number of ether oxygens (including phenoxy) is 1. The van der Waals surface area contributed by atoms with Crippen molar-refractivity contribution in [3.05, 3.63) is 76.5 Å². The molecular weight excluding hydrogens is 587 g/mol. The Labute approximate surface area is 261 Å². The summed E-state index contributed by atoms with van der Waals surface area (Å²) in [7, 11) is 3.21. The van der Waals surface area contributed by atoms with E-state index in [-0.39, 0.29) is 37.2 Å². The molecule has 0 saturated carbocycles. The minimum absolute atomic E-state index is 0.0602. The molecule has 45 heavy (non-hydrogen) atoms. The van der Waals surface area contributed by atoms with Gasteiger partial charge in [0.1, 0.15) is 11.6 Å². The molecule has 1 unspecified atom stereocenters. The summed E-state index contributed by atoms with van der Waals surface area (Å²) in [6.45, 7) is 7.97. The fraction of sp³-hybridized carbons (Fsp3) is 0.438. The molecule has 0 radical (unpaired) electrons. The highest BCUT2D eigenvalue weighted by Gasteiger charge is 2.34. The highest BCUT2D eigenvalue weighted by Crippen LogP contribution is 2.34. The summed E-state index contributed by atoms with van der Waals surface area (Å²) < 4.78 is 46.4. The Morgan fingerprint density at radius 2 is 1.82 bits per heavy atom. The Hall–Kier alpha value is -4.23. The van der Waals surface area contributed by atoms with Crippen LogP contribution < -0.4 is 10.6 Å². The van der Waals surface area contributed by atoms with Gasteiger partial charge in [-0.3, -0.25) is 19.4 Å². The van der Waals surface area contributed by atoms with Gasteiger partial charge in [-0.15, -0.1) is 0 Å². The van der Waals surface area contributed by atoms with Crippen molar-refractivity contribution in [1.29, 1.82) is 0 Å². The van der Waals surface area contributed by atoms with E-state index in [2.05, 4.69) is 25.5 Å². The van der Waals surface area contributed by atoms with Gasteiger partial charge in [0.05, 0.1) is 24.7 Å². The fourth-order valence-electron chi connectivity index (χ4n) is 5.64. The third-order valence-electron chi connectivity index (χ3n) is 8.20. The smallest absolute Gasteiger partial charge is 0.401 e. The Balaban J connectivity index is 1.73. The Morgan fingerprint density at radius 3 is 2.40 bits per heavy atom. The van der Waals surface area contributed by atoms with Gasteiger partial charge in [-0.05, 0) is 51.5 Å². The highest BCUT2D eigenvalue weighted by molar-refractivity contribution is 5.99. The molecule has 10 nitrogen and oxygen atoms in total. The number of amides is 1. The number of nitrogens with zero attached hydrogens (tertiary/aromatic N) is 5. The van der Waals surface area contributed by atoms with Crippen LogP contribution in [0.4, 0.5) is 13.2 Å². The number of pyridine rings is 1. The van der Waals surface area contributed by atoms with Crippen molar-refractivity contribution >= 4 is 17.7 Å². The molecule has 4 heterocycles. The number of alkyl halides is 3. The normalized spacial score (nSPS) is 16.3. The number of aryl methyl sites for hydroxylation is 1. The largest absolute Gasteiger partial charge is 0.496 e. The molecule has 0 spiro atoms. The highest BCUT2D eigenvalue weighted by atomic mass is 19.4. The molecule has 3 aromatic heterocycles. The predicted molar refractivity (Wildman–Crippen MR) is 166 cm³/mol. The lowest BCUT2D eigenvalue weighted by Crippen LogP contribution is -2.49. The molecule has 0 bridgehead atoms. The molecule has 1 aliphatic rings. The molecule has 1 fully saturated rings. The second kappa shape index (κ2) is 14.2. The van der Waals surface area contributed by atoms with Crippen LogP contribution in [0.2, 0.25) is 0 Å². The summed E-state index contributed by atoms with van der Waals surface area (Å²) in [4.78, 5) is 38.0. The van der Waals surface area contributed by atoms with Crippen molar-refractivity contribution in [1.82, 2.24) is 34.8 Å².